The fourth-order valence-electron chi connectivity index (χ4n) is 2.51. The van der Waals surface area contributed by atoms with Crippen molar-refractivity contribution in [3.8, 4) is 0 Å². The molecule has 13 heteroatoms. The molecule has 1 aliphatic rings. The van der Waals surface area contributed by atoms with E-state index in [1.165, 1.54) is 0 Å². The van der Waals surface area contributed by atoms with Crippen molar-refractivity contribution in [1.29, 1.82) is 0 Å². The second-order valence-corrected chi connectivity index (χ2v) is 5.49. The largest absolute Gasteiger partial charge is 0.523 e. The Morgan fingerprint density at radius 3 is 2.41 bits per heavy atom. The lowest BCUT2D eigenvalue weighted by molar-refractivity contribution is -0.356. The maximum atomic E-state index is 12.9. The Morgan fingerprint density at radius 1 is 1.22 bits per heavy atom. The van der Waals surface area contributed by atoms with Crippen molar-refractivity contribution in [2.75, 3.05) is 6.61 Å². The molecule has 0 aliphatic carbocycles. The van der Waals surface area contributed by atoms with Gasteiger partial charge in [0.15, 0.2) is 18.4 Å². The molecule has 1 fully saturated rings. The highest BCUT2D eigenvalue weighted by atomic mass is 19.4. The lowest BCUT2D eigenvalue weighted by Gasteiger charge is -2.25. The number of alkyl halides is 3. The first-order chi connectivity index (χ1) is 12.5. The third-order valence-corrected chi connectivity index (χ3v) is 3.43. The number of aromatic nitrogens is 2. The molecule has 0 radical (unpaired) electrons. The molecule has 0 saturated carbocycles. The monoisotopic (exact) mass is 396 g/mol. The molecular formula is C14H15F3N2O8. The Kier molecular flexibility index (Phi) is 6.05. The zero-order valence-electron chi connectivity index (χ0n) is 14.0. The first-order valence-corrected chi connectivity index (χ1v) is 7.50. The van der Waals surface area contributed by atoms with Crippen LogP contribution in [0.3, 0.4) is 0 Å². The molecular weight excluding hydrogens is 381 g/mol. The van der Waals surface area contributed by atoms with E-state index >= 15 is 0 Å². The van der Waals surface area contributed by atoms with E-state index in [2.05, 4.69) is 4.74 Å². The van der Waals surface area contributed by atoms with E-state index in [-0.39, 0.29) is 0 Å². The van der Waals surface area contributed by atoms with Crippen molar-refractivity contribution in [2.24, 2.45) is 0 Å². The lowest BCUT2D eigenvalue weighted by atomic mass is 10.1. The first-order valence-electron chi connectivity index (χ1n) is 7.50. The summed E-state index contributed by atoms with van der Waals surface area (Å²) in [5, 5.41) is 0. The summed E-state index contributed by atoms with van der Waals surface area (Å²) in [7, 11) is 0. The van der Waals surface area contributed by atoms with Gasteiger partial charge >= 0.3 is 24.0 Å². The molecule has 1 aliphatic heterocycles. The molecule has 0 bridgehead atoms. The molecule has 2 rings (SSSR count). The molecule has 150 valence electrons. The standard InChI is InChI=1S/C14H15F3N2O8/c1-6(20)24-5-8-10(25-7(2)21)11(27-14(15,16)17)12(26-8)19-4-3-9(22)18-13(19)23/h3-4,8,10-12H,5H2,1-2H3,(H,18,22,23)/t8-,10-,11-,12-/m1/s1. The van der Waals surface area contributed by atoms with E-state index in [1.54, 1.807) is 0 Å². The Balaban J connectivity index is 2.44. The minimum absolute atomic E-state index is 0.556. The van der Waals surface area contributed by atoms with Gasteiger partial charge in [-0.2, -0.15) is 0 Å². The fraction of sp³-hybridized carbons (Fsp3) is 0.571. The van der Waals surface area contributed by atoms with Crippen molar-refractivity contribution >= 4 is 11.9 Å². The molecule has 1 saturated heterocycles. The molecule has 4 atom stereocenters. The predicted molar refractivity (Wildman–Crippen MR) is 78.3 cm³/mol. The van der Waals surface area contributed by atoms with E-state index in [0.717, 1.165) is 26.1 Å². The summed E-state index contributed by atoms with van der Waals surface area (Å²) in [5.74, 6) is -1.69. The van der Waals surface area contributed by atoms with Gasteiger partial charge in [0, 0.05) is 26.1 Å². The Hall–Kier alpha value is -2.67. The number of hydrogen-bond donors (Lipinski definition) is 1. The highest BCUT2D eigenvalue weighted by molar-refractivity contribution is 5.66. The van der Waals surface area contributed by atoms with Crippen molar-refractivity contribution in [3.05, 3.63) is 33.1 Å². The van der Waals surface area contributed by atoms with Crippen LogP contribution in [0.1, 0.15) is 20.1 Å². The summed E-state index contributed by atoms with van der Waals surface area (Å²) < 4.78 is 58.2. The maximum absolute atomic E-state index is 12.9. The Bertz CT molecular complexity index is 818. The molecule has 1 aromatic rings. The van der Waals surface area contributed by atoms with E-state index in [4.69, 9.17) is 14.2 Å². The van der Waals surface area contributed by atoms with Gasteiger partial charge in [-0.3, -0.25) is 28.7 Å². The van der Waals surface area contributed by atoms with Gasteiger partial charge in [-0.25, -0.2) is 4.79 Å². The van der Waals surface area contributed by atoms with Gasteiger partial charge in [-0.1, -0.05) is 0 Å². The molecule has 0 unspecified atom stereocenters. The van der Waals surface area contributed by atoms with Gasteiger partial charge in [-0.05, 0) is 0 Å². The highest BCUT2D eigenvalue weighted by Crippen LogP contribution is 2.37. The van der Waals surface area contributed by atoms with Crippen LogP contribution in [0, 0.1) is 0 Å². The van der Waals surface area contributed by atoms with E-state index in [9.17, 15) is 32.3 Å². The second-order valence-electron chi connectivity index (χ2n) is 5.49. The van der Waals surface area contributed by atoms with Gasteiger partial charge in [0.2, 0.25) is 0 Å². The number of hydrogen-bond acceptors (Lipinski definition) is 8. The van der Waals surface area contributed by atoms with Crippen LogP contribution < -0.4 is 11.2 Å². The van der Waals surface area contributed by atoms with E-state index in [1.807, 2.05) is 4.98 Å². The second kappa shape index (κ2) is 7.92. The Morgan fingerprint density at radius 2 is 1.89 bits per heavy atom. The van der Waals surface area contributed by atoms with Gasteiger partial charge in [0.05, 0.1) is 0 Å². The van der Waals surface area contributed by atoms with Crippen LogP contribution >= 0.6 is 0 Å². The van der Waals surface area contributed by atoms with Crippen molar-refractivity contribution in [2.45, 2.75) is 44.7 Å². The van der Waals surface area contributed by atoms with Crippen molar-refractivity contribution in [1.82, 2.24) is 9.55 Å². The zero-order chi connectivity index (χ0) is 20.4. The number of H-pyrrole nitrogens is 1. The number of carbonyl (C=O) groups excluding carboxylic acids is 2. The van der Waals surface area contributed by atoms with Gasteiger partial charge in [0.1, 0.15) is 12.7 Å². The normalized spacial score (nSPS) is 25.2. The van der Waals surface area contributed by atoms with Crippen LogP contribution in [-0.2, 0) is 28.5 Å². The van der Waals surface area contributed by atoms with Crippen LogP contribution in [0.5, 0.6) is 0 Å². The Labute approximate surface area is 148 Å². The number of rotatable bonds is 5. The number of aromatic amines is 1. The molecule has 2 heterocycles. The number of nitrogens with one attached hydrogen (secondary N) is 1. The molecule has 1 aromatic heterocycles. The summed E-state index contributed by atoms with van der Waals surface area (Å²) in [6.45, 7) is 1.45. The predicted octanol–water partition coefficient (Wildman–Crippen LogP) is -0.166. The smallest absolute Gasteiger partial charge is 0.463 e. The van der Waals surface area contributed by atoms with Crippen LogP contribution in [0.2, 0.25) is 0 Å². The molecule has 27 heavy (non-hydrogen) atoms. The SMILES string of the molecule is CC(=O)OC[C@H]1O[C@@H](n2ccc(=O)[nH]c2=O)[C@H](OC(F)(F)F)[C@@H]1OC(C)=O. The lowest BCUT2D eigenvalue weighted by Crippen LogP contribution is -2.44. The third kappa shape index (κ3) is 5.40. The molecule has 0 spiro atoms. The van der Waals surface area contributed by atoms with Gasteiger partial charge in [-0.15, -0.1) is 13.2 Å². The molecule has 0 amide bonds. The molecule has 1 N–H and O–H groups in total. The summed E-state index contributed by atoms with van der Waals surface area (Å²) >= 11 is 0. The average Bonchev–Trinajstić information content (AvgIpc) is 2.81. The van der Waals surface area contributed by atoms with Crippen molar-refractivity contribution in [3.63, 3.8) is 0 Å². The molecule has 10 nitrogen and oxygen atoms in total. The summed E-state index contributed by atoms with van der Waals surface area (Å²) in [6, 6.07) is 0.885. The number of ether oxygens (including phenoxy) is 4. The van der Waals surface area contributed by atoms with Crippen LogP contribution in [-0.4, -0.2) is 52.8 Å². The van der Waals surface area contributed by atoms with Crippen LogP contribution in [0.25, 0.3) is 0 Å². The van der Waals surface area contributed by atoms with Gasteiger partial charge in [0.25, 0.3) is 5.56 Å². The first kappa shape index (κ1) is 20.6. The average molecular weight is 396 g/mol. The minimum atomic E-state index is -5.16. The topological polar surface area (TPSA) is 126 Å². The number of nitrogens with zero attached hydrogens (tertiary/aromatic N) is 1. The van der Waals surface area contributed by atoms with Crippen LogP contribution in [0.15, 0.2) is 21.9 Å². The van der Waals surface area contributed by atoms with E-state index < -0.39 is 60.7 Å². The fourth-order valence-corrected chi connectivity index (χ4v) is 2.51. The molecule has 0 aromatic carbocycles. The third-order valence-electron chi connectivity index (χ3n) is 3.43. The minimum Gasteiger partial charge on any atom is -0.463 e. The van der Waals surface area contributed by atoms with Crippen LogP contribution in [0.4, 0.5) is 13.2 Å². The summed E-state index contributed by atoms with van der Waals surface area (Å²) in [4.78, 5) is 47.3. The zero-order valence-corrected chi connectivity index (χ0v) is 14.0. The summed E-state index contributed by atoms with van der Waals surface area (Å²) in [5.41, 5.74) is -1.85. The van der Waals surface area contributed by atoms with Crippen molar-refractivity contribution < 1.29 is 41.7 Å². The van der Waals surface area contributed by atoms with E-state index in [0.29, 0.717) is 4.57 Å². The number of esters is 2. The quantitative estimate of drug-likeness (QED) is 0.680. The maximum Gasteiger partial charge on any atom is 0.523 e. The van der Waals surface area contributed by atoms with Gasteiger partial charge < -0.3 is 14.2 Å². The number of carbonyl (C=O) groups is 2. The summed E-state index contributed by atoms with van der Waals surface area (Å²) in [6.07, 6.45) is -11.0. The number of halogens is 3. The highest BCUT2D eigenvalue weighted by Gasteiger charge is 2.53.